The third kappa shape index (κ3) is 5.92. The molecule has 0 radical (unpaired) electrons. The molecule has 9 nitrogen and oxygen atoms in total. The number of carbonyl (C=O) groups excluding carboxylic acids is 1. The summed E-state index contributed by atoms with van der Waals surface area (Å²) in [5.74, 6) is -0.559. The Labute approximate surface area is 170 Å². The summed E-state index contributed by atoms with van der Waals surface area (Å²) in [6.07, 6.45) is 0.776. The zero-order valence-electron chi connectivity index (χ0n) is 16.0. The van der Waals surface area contributed by atoms with Crippen molar-refractivity contribution in [2.45, 2.75) is 30.1 Å². The molecule has 0 saturated carbocycles. The van der Waals surface area contributed by atoms with Crippen LogP contribution in [0.15, 0.2) is 52.3 Å². The van der Waals surface area contributed by atoms with Crippen molar-refractivity contribution in [3.8, 4) is 0 Å². The van der Waals surface area contributed by atoms with Gasteiger partial charge in [-0.25, -0.2) is 26.8 Å². The first-order valence-corrected chi connectivity index (χ1v) is 11.8. The molecule has 11 heteroatoms. The standard InChI is InChI=1S/C18H23N3O6S2/c1-3-11-20-16-10-9-15(28(19,23)24)12-17(16)21-29(25,26)14-7-5-13(6-8-14)18(22)27-4-2/h5-10,12,20-21H,3-4,11H2,1-2H3,(H2,19,23,24). The Bertz CT molecular complexity index is 1080. The molecule has 0 amide bonds. The minimum Gasteiger partial charge on any atom is -0.462 e. The van der Waals surface area contributed by atoms with E-state index >= 15 is 0 Å². The van der Waals surface area contributed by atoms with Crippen molar-refractivity contribution in [3.05, 3.63) is 48.0 Å². The van der Waals surface area contributed by atoms with Gasteiger partial charge in [0, 0.05) is 6.54 Å². The second kappa shape index (κ2) is 9.25. The first-order chi connectivity index (χ1) is 13.6. The topological polar surface area (TPSA) is 145 Å². The van der Waals surface area contributed by atoms with Crippen LogP contribution in [0.5, 0.6) is 0 Å². The van der Waals surface area contributed by atoms with Crippen molar-refractivity contribution in [2.75, 3.05) is 23.2 Å². The molecule has 0 fully saturated rings. The lowest BCUT2D eigenvalue weighted by Crippen LogP contribution is -2.17. The summed E-state index contributed by atoms with van der Waals surface area (Å²) < 4.78 is 56.0. The fourth-order valence-electron chi connectivity index (χ4n) is 2.39. The Morgan fingerprint density at radius 3 is 2.14 bits per heavy atom. The Balaban J connectivity index is 2.38. The summed E-state index contributed by atoms with van der Waals surface area (Å²) in [6, 6.07) is 9.08. The predicted octanol–water partition coefficient (Wildman–Crippen LogP) is 2.13. The van der Waals surface area contributed by atoms with Gasteiger partial charge in [0.05, 0.1) is 33.3 Å². The van der Waals surface area contributed by atoms with Crippen LogP contribution >= 0.6 is 0 Å². The van der Waals surface area contributed by atoms with Gasteiger partial charge >= 0.3 is 5.97 Å². The van der Waals surface area contributed by atoms with E-state index in [4.69, 9.17) is 9.88 Å². The molecule has 0 unspecified atom stereocenters. The van der Waals surface area contributed by atoms with E-state index < -0.39 is 26.0 Å². The predicted molar refractivity (Wildman–Crippen MR) is 110 cm³/mol. The number of primary sulfonamides is 1. The Hall–Kier alpha value is -2.63. The number of nitrogens with one attached hydrogen (secondary N) is 2. The Morgan fingerprint density at radius 2 is 1.59 bits per heavy atom. The van der Waals surface area contributed by atoms with Crippen LogP contribution in [0.1, 0.15) is 30.6 Å². The molecule has 2 rings (SSSR count). The van der Waals surface area contributed by atoms with Crippen LogP contribution in [0.2, 0.25) is 0 Å². The molecule has 0 bridgehead atoms. The molecule has 4 N–H and O–H groups in total. The van der Waals surface area contributed by atoms with Gasteiger partial charge < -0.3 is 10.1 Å². The summed E-state index contributed by atoms with van der Waals surface area (Å²) >= 11 is 0. The largest absolute Gasteiger partial charge is 0.462 e. The molecular weight excluding hydrogens is 418 g/mol. The Kier molecular flexibility index (Phi) is 7.22. The van der Waals surface area contributed by atoms with E-state index in [9.17, 15) is 21.6 Å². The molecule has 2 aromatic rings. The molecule has 158 valence electrons. The Morgan fingerprint density at radius 1 is 0.966 bits per heavy atom. The highest BCUT2D eigenvalue weighted by atomic mass is 32.2. The number of esters is 1. The summed E-state index contributed by atoms with van der Waals surface area (Å²) in [5, 5.41) is 8.18. The van der Waals surface area contributed by atoms with E-state index in [0.29, 0.717) is 12.2 Å². The van der Waals surface area contributed by atoms with E-state index in [-0.39, 0.29) is 27.6 Å². The number of hydrogen-bond acceptors (Lipinski definition) is 7. The van der Waals surface area contributed by atoms with Gasteiger partial charge in [0.15, 0.2) is 0 Å². The molecule has 0 atom stereocenters. The lowest BCUT2D eigenvalue weighted by Gasteiger charge is -2.15. The maximum atomic E-state index is 12.8. The van der Waals surface area contributed by atoms with Gasteiger partial charge in [-0.3, -0.25) is 4.72 Å². The van der Waals surface area contributed by atoms with Crippen molar-refractivity contribution in [1.82, 2.24) is 0 Å². The number of anilines is 2. The van der Waals surface area contributed by atoms with Crippen molar-refractivity contribution in [3.63, 3.8) is 0 Å². The summed E-state index contributed by atoms with van der Waals surface area (Å²) in [4.78, 5) is 11.4. The van der Waals surface area contributed by atoms with Gasteiger partial charge in [-0.2, -0.15) is 0 Å². The zero-order chi connectivity index (χ0) is 21.7. The lowest BCUT2D eigenvalue weighted by molar-refractivity contribution is 0.0526. The molecule has 0 aliphatic carbocycles. The second-order valence-corrected chi connectivity index (χ2v) is 9.27. The fraction of sp³-hybridized carbons (Fsp3) is 0.278. The molecule has 0 aliphatic rings. The van der Waals surface area contributed by atoms with Gasteiger partial charge in [-0.15, -0.1) is 0 Å². The molecule has 0 spiro atoms. The van der Waals surface area contributed by atoms with Crippen molar-refractivity contribution >= 4 is 37.4 Å². The van der Waals surface area contributed by atoms with Gasteiger partial charge in [0.2, 0.25) is 10.0 Å². The highest BCUT2D eigenvalue weighted by Crippen LogP contribution is 2.28. The third-order valence-corrected chi connectivity index (χ3v) is 6.10. The van der Waals surface area contributed by atoms with E-state index in [1.54, 1.807) is 6.92 Å². The van der Waals surface area contributed by atoms with Gasteiger partial charge in [-0.1, -0.05) is 6.92 Å². The summed E-state index contributed by atoms with van der Waals surface area (Å²) in [5.41, 5.74) is 0.665. The molecule has 0 aliphatic heterocycles. The molecule has 0 heterocycles. The molecular formula is C18H23N3O6S2. The quantitative estimate of drug-likeness (QED) is 0.505. The average Bonchev–Trinajstić information content (AvgIpc) is 2.66. The minimum absolute atomic E-state index is 0.0412. The average molecular weight is 442 g/mol. The van der Waals surface area contributed by atoms with Crippen molar-refractivity contribution < 1.29 is 26.4 Å². The maximum absolute atomic E-state index is 12.8. The number of sulfonamides is 2. The van der Waals surface area contributed by atoms with Crippen LogP contribution < -0.4 is 15.2 Å². The zero-order valence-corrected chi connectivity index (χ0v) is 17.6. The minimum atomic E-state index is -4.06. The van der Waals surface area contributed by atoms with Crippen LogP contribution in [0.4, 0.5) is 11.4 Å². The van der Waals surface area contributed by atoms with E-state index in [2.05, 4.69) is 10.0 Å². The number of nitrogens with two attached hydrogens (primary N) is 1. The number of benzene rings is 2. The van der Waals surface area contributed by atoms with E-state index in [0.717, 1.165) is 12.5 Å². The summed E-state index contributed by atoms with van der Waals surface area (Å²) in [6.45, 7) is 4.35. The number of hydrogen-bond donors (Lipinski definition) is 3. The van der Waals surface area contributed by atoms with Gasteiger partial charge in [-0.05, 0) is 55.8 Å². The third-order valence-electron chi connectivity index (χ3n) is 3.81. The smallest absolute Gasteiger partial charge is 0.338 e. The lowest BCUT2D eigenvalue weighted by atomic mass is 10.2. The molecule has 2 aromatic carbocycles. The SMILES string of the molecule is CCCNc1ccc(S(N)(=O)=O)cc1NS(=O)(=O)c1ccc(C(=O)OCC)cc1. The van der Waals surface area contributed by atoms with E-state index in [1.807, 2.05) is 6.92 Å². The van der Waals surface area contributed by atoms with Crippen molar-refractivity contribution in [2.24, 2.45) is 5.14 Å². The first kappa shape index (κ1) is 22.7. The normalized spacial score (nSPS) is 11.7. The number of ether oxygens (including phenoxy) is 1. The monoisotopic (exact) mass is 441 g/mol. The number of carbonyl (C=O) groups is 1. The summed E-state index contributed by atoms with van der Waals surface area (Å²) in [7, 11) is -8.07. The van der Waals surface area contributed by atoms with E-state index in [1.165, 1.54) is 36.4 Å². The van der Waals surface area contributed by atoms with Gasteiger partial charge in [0.1, 0.15) is 0 Å². The number of rotatable bonds is 9. The van der Waals surface area contributed by atoms with Crippen LogP contribution in [0, 0.1) is 0 Å². The van der Waals surface area contributed by atoms with Crippen LogP contribution in [0.25, 0.3) is 0 Å². The maximum Gasteiger partial charge on any atom is 0.338 e. The highest BCUT2D eigenvalue weighted by Gasteiger charge is 2.19. The fourth-order valence-corrected chi connectivity index (χ4v) is 4.00. The van der Waals surface area contributed by atoms with Gasteiger partial charge in [0.25, 0.3) is 10.0 Å². The van der Waals surface area contributed by atoms with Crippen LogP contribution in [0.3, 0.4) is 0 Å². The molecule has 0 saturated heterocycles. The second-order valence-electron chi connectivity index (χ2n) is 6.03. The first-order valence-electron chi connectivity index (χ1n) is 8.79. The van der Waals surface area contributed by atoms with Crippen LogP contribution in [-0.2, 0) is 24.8 Å². The van der Waals surface area contributed by atoms with Crippen molar-refractivity contribution in [1.29, 1.82) is 0 Å². The highest BCUT2D eigenvalue weighted by molar-refractivity contribution is 7.92. The van der Waals surface area contributed by atoms with Crippen LogP contribution in [-0.4, -0.2) is 36.0 Å². The molecule has 29 heavy (non-hydrogen) atoms. The molecule has 0 aromatic heterocycles.